The molecule has 1 unspecified atom stereocenters. The van der Waals surface area contributed by atoms with Gasteiger partial charge in [0.05, 0.1) is 23.9 Å². The second-order valence-corrected chi connectivity index (χ2v) is 10.1. The fourth-order valence-electron chi connectivity index (χ4n) is 3.63. The van der Waals surface area contributed by atoms with Crippen molar-refractivity contribution in [3.05, 3.63) is 88.7 Å². The number of halogens is 1. The number of aliphatic hydroxyl groups excluding tert-OH is 1. The van der Waals surface area contributed by atoms with Crippen molar-refractivity contribution in [3.63, 3.8) is 0 Å². The van der Waals surface area contributed by atoms with E-state index in [2.05, 4.69) is 31.4 Å². The predicted molar refractivity (Wildman–Crippen MR) is 127 cm³/mol. The van der Waals surface area contributed by atoms with E-state index in [4.69, 9.17) is 0 Å². The number of aliphatic hydroxyl groups is 1. The Morgan fingerprint density at radius 2 is 1.76 bits per heavy atom. The van der Waals surface area contributed by atoms with Crippen LogP contribution in [0.2, 0.25) is 0 Å². The van der Waals surface area contributed by atoms with Crippen molar-refractivity contribution in [1.29, 1.82) is 0 Å². The van der Waals surface area contributed by atoms with E-state index < -0.39 is 17.8 Å². The quantitative estimate of drug-likeness (QED) is 0.489. The van der Waals surface area contributed by atoms with Gasteiger partial charge >= 0.3 is 0 Å². The Balaban J connectivity index is 1.54. The Labute approximate surface area is 196 Å². The lowest BCUT2D eigenvalue weighted by atomic mass is 9.86. The summed E-state index contributed by atoms with van der Waals surface area (Å²) in [5.41, 5.74) is 3.04. The monoisotopic (exact) mass is 464 g/mol. The molecule has 7 heteroatoms. The standard InChI is InChI=1S/C26H25FN2O3S/c1-26(2,3)17-7-4-15(5-8-17)21(14-30)29-24(31)16-6-10-23-20(12-16)28-25(32)19-13-18(27)9-11-22(19)33-23/h4-13,21,30H,14H2,1-3H3,(H,28,32)(H,29,31). The lowest BCUT2D eigenvalue weighted by molar-refractivity contribution is 0.0915. The van der Waals surface area contributed by atoms with E-state index in [0.717, 1.165) is 16.0 Å². The van der Waals surface area contributed by atoms with Gasteiger partial charge in [-0.05, 0) is 52.9 Å². The molecule has 0 radical (unpaired) electrons. The highest BCUT2D eigenvalue weighted by molar-refractivity contribution is 7.99. The zero-order valence-electron chi connectivity index (χ0n) is 18.6. The first-order chi connectivity index (χ1) is 15.7. The van der Waals surface area contributed by atoms with Gasteiger partial charge in [-0.2, -0.15) is 0 Å². The molecule has 1 heterocycles. The van der Waals surface area contributed by atoms with Crippen LogP contribution in [0.15, 0.2) is 70.5 Å². The molecule has 5 nitrogen and oxygen atoms in total. The molecular weight excluding hydrogens is 439 g/mol. The number of rotatable bonds is 4. The number of carbonyl (C=O) groups is 2. The van der Waals surface area contributed by atoms with Crippen LogP contribution in [0.4, 0.5) is 10.1 Å². The Kier molecular flexibility index (Phi) is 6.28. The largest absolute Gasteiger partial charge is 0.394 e. The second kappa shape index (κ2) is 9.00. The summed E-state index contributed by atoms with van der Waals surface area (Å²) in [7, 11) is 0. The first-order valence-electron chi connectivity index (χ1n) is 10.6. The molecule has 170 valence electrons. The van der Waals surface area contributed by atoms with Crippen molar-refractivity contribution >= 4 is 29.3 Å². The van der Waals surface area contributed by atoms with Crippen molar-refractivity contribution in [2.24, 2.45) is 0 Å². The molecule has 1 aliphatic rings. The van der Waals surface area contributed by atoms with E-state index in [-0.39, 0.29) is 23.5 Å². The Morgan fingerprint density at radius 3 is 2.42 bits per heavy atom. The molecule has 33 heavy (non-hydrogen) atoms. The van der Waals surface area contributed by atoms with Gasteiger partial charge in [0.25, 0.3) is 11.8 Å². The van der Waals surface area contributed by atoms with Crippen LogP contribution in [0, 0.1) is 5.82 Å². The minimum atomic E-state index is -0.568. The van der Waals surface area contributed by atoms with E-state index in [0.29, 0.717) is 16.1 Å². The molecule has 0 saturated heterocycles. The van der Waals surface area contributed by atoms with Crippen molar-refractivity contribution in [3.8, 4) is 0 Å². The molecule has 0 aromatic heterocycles. The van der Waals surface area contributed by atoms with Crippen molar-refractivity contribution in [1.82, 2.24) is 5.32 Å². The number of benzene rings is 3. The predicted octanol–water partition coefficient (Wildman–Crippen LogP) is 5.30. The zero-order valence-corrected chi connectivity index (χ0v) is 19.4. The van der Waals surface area contributed by atoms with Crippen LogP contribution in [-0.2, 0) is 5.41 Å². The average molecular weight is 465 g/mol. The number of hydrogen-bond acceptors (Lipinski definition) is 4. The normalized spacial score (nSPS) is 13.9. The molecule has 0 spiro atoms. The van der Waals surface area contributed by atoms with Gasteiger partial charge in [0.2, 0.25) is 0 Å². The maximum atomic E-state index is 13.6. The topological polar surface area (TPSA) is 78.4 Å². The summed E-state index contributed by atoms with van der Waals surface area (Å²) >= 11 is 1.33. The highest BCUT2D eigenvalue weighted by Crippen LogP contribution is 2.39. The van der Waals surface area contributed by atoms with Crippen LogP contribution in [-0.4, -0.2) is 23.5 Å². The summed E-state index contributed by atoms with van der Waals surface area (Å²) in [6.45, 7) is 6.12. The summed E-state index contributed by atoms with van der Waals surface area (Å²) in [6.07, 6.45) is 0. The third-order valence-electron chi connectivity index (χ3n) is 5.56. The van der Waals surface area contributed by atoms with Crippen molar-refractivity contribution in [2.75, 3.05) is 11.9 Å². The fourth-order valence-corrected chi connectivity index (χ4v) is 4.62. The fraction of sp³-hybridized carbons (Fsp3) is 0.231. The summed E-state index contributed by atoms with van der Waals surface area (Å²) in [4.78, 5) is 26.9. The minimum Gasteiger partial charge on any atom is -0.394 e. The molecule has 0 bridgehead atoms. The molecular formula is C26H25FN2O3S. The minimum absolute atomic E-state index is 0.00616. The summed E-state index contributed by atoms with van der Waals surface area (Å²) in [5, 5.41) is 15.5. The third-order valence-corrected chi connectivity index (χ3v) is 6.71. The number of hydrogen-bond donors (Lipinski definition) is 3. The summed E-state index contributed by atoms with van der Waals surface area (Å²) in [5.74, 6) is -1.29. The first kappa shape index (κ1) is 23.0. The van der Waals surface area contributed by atoms with Crippen LogP contribution >= 0.6 is 11.8 Å². The molecule has 1 aliphatic heterocycles. The van der Waals surface area contributed by atoms with E-state index in [1.165, 1.54) is 23.9 Å². The molecule has 0 aliphatic carbocycles. The smallest absolute Gasteiger partial charge is 0.256 e. The van der Waals surface area contributed by atoms with Crippen LogP contribution in [0.25, 0.3) is 0 Å². The van der Waals surface area contributed by atoms with Crippen molar-refractivity contribution < 1.29 is 19.1 Å². The summed E-state index contributed by atoms with van der Waals surface area (Å²) in [6, 6.07) is 16.3. The summed E-state index contributed by atoms with van der Waals surface area (Å²) < 4.78 is 13.6. The Morgan fingerprint density at radius 1 is 1.06 bits per heavy atom. The number of amides is 2. The highest BCUT2D eigenvalue weighted by Gasteiger charge is 2.23. The van der Waals surface area contributed by atoms with E-state index in [1.54, 1.807) is 24.3 Å². The van der Waals surface area contributed by atoms with Crippen LogP contribution < -0.4 is 10.6 Å². The maximum absolute atomic E-state index is 13.6. The number of carbonyl (C=O) groups excluding carboxylic acids is 2. The van der Waals surface area contributed by atoms with Gasteiger partial charge in [-0.3, -0.25) is 9.59 Å². The second-order valence-electron chi connectivity index (χ2n) is 8.99. The molecule has 3 N–H and O–H groups in total. The highest BCUT2D eigenvalue weighted by atomic mass is 32.2. The van der Waals surface area contributed by atoms with E-state index in [1.807, 2.05) is 24.3 Å². The Hall–Kier alpha value is -3.16. The number of fused-ring (bicyclic) bond motifs is 2. The van der Waals surface area contributed by atoms with Gasteiger partial charge in [0.1, 0.15) is 5.82 Å². The molecule has 3 aromatic rings. The van der Waals surface area contributed by atoms with E-state index >= 15 is 0 Å². The molecule has 0 fully saturated rings. The zero-order chi connectivity index (χ0) is 23.8. The number of nitrogens with one attached hydrogen (secondary N) is 2. The lowest BCUT2D eigenvalue weighted by Gasteiger charge is -2.21. The molecule has 3 aromatic carbocycles. The van der Waals surface area contributed by atoms with Gasteiger partial charge in [0, 0.05) is 15.4 Å². The SMILES string of the molecule is CC(C)(C)c1ccc(C(CO)NC(=O)c2ccc3c(c2)NC(=O)c2cc(F)ccc2S3)cc1. The average Bonchev–Trinajstić information content (AvgIpc) is 2.92. The van der Waals surface area contributed by atoms with Gasteiger partial charge in [-0.1, -0.05) is 56.8 Å². The van der Waals surface area contributed by atoms with Crippen LogP contribution in [0.5, 0.6) is 0 Å². The lowest BCUT2D eigenvalue weighted by Crippen LogP contribution is -2.31. The third kappa shape index (κ3) is 4.94. The first-order valence-corrected chi connectivity index (χ1v) is 11.4. The van der Waals surface area contributed by atoms with Gasteiger partial charge < -0.3 is 15.7 Å². The number of anilines is 1. The van der Waals surface area contributed by atoms with E-state index in [9.17, 15) is 19.1 Å². The van der Waals surface area contributed by atoms with Gasteiger partial charge in [-0.25, -0.2) is 4.39 Å². The van der Waals surface area contributed by atoms with Crippen molar-refractivity contribution in [2.45, 2.75) is 42.0 Å². The van der Waals surface area contributed by atoms with Crippen LogP contribution in [0.1, 0.15) is 58.7 Å². The molecule has 2 amide bonds. The molecule has 1 atom stereocenters. The van der Waals surface area contributed by atoms with Gasteiger partial charge in [0.15, 0.2) is 0 Å². The van der Waals surface area contributed by atoms with Gasteiger partial charge in [-0.15, -0.1) is 0 Å². The Bertz CT molecular complexity index is 1220. The maximum Gasteiger partial charge on any atom is 0.256 e. The van der Waals surface area contributed by atoms with Crippen LogP contribution in [0.3, 0.4) is 0 Å². The molecule has 4 rings (SSSR count). The molecule has 0 saturated carbocycles.